The van der Waals surface area contributed by atoms with Crippen molar-refractivity contribution in [2.24, 2.45) is 0 Å². The highest BCUT2D eigenvalue weighted by molar-refractivity contribution is 6.32. The molecule has 0 radical (unpaired) electrons. The second-order valence-corrected chi connectivity index (χ2v) is 8.25. The van der Waals surface area contributed by atoms with E-state index in [-0.39, 0.29) is 29.1 Å². The van der Waals surface area contributed by atoms with Crippen LogP contribution in [0.4, 0.5) is 8.78 Å². The predicted molar refractivity (Wildman–Crippen MR) is 117 cm³/mol. The van der Waals surface area contributed by atoms with E-state index in [1.54, 1.807) is 23.1 Å². The lowest BCUT2D eigenvalue weighted by atomic mass is 10.2. The Labute approximate surface area is 194 Å². The van der Waals surface area contributed by atoms with Crippen molar-refractivity contribution in [2.45, 2.75) is 13.2 Å². The number of nitrogens with zero attached hydrogens (tertiary/aromatic N) is 2. The van der Waals surface area contributed by atoms with Gasteiger partial charge in [-0.1, -0.05) is 29.3 Å². The second-order valence-electron chi connectivity index (χ2n) is 7.43. The van der Waals surface area contributed by atoms with Crippen LogP contribution >= 0.6 is 23.2 Å². The summed E-state index contributed by atoms with van der Waals surface area (Å²) < 4.78 is 37.5. The van der Waals surface area contributed by atoms with Gasteiger partial charge < -0.3 is 14.1 Å². The summed E-state index contributed by atoms with van der Waals surface area (Å²) in [4.78, 5) is 16.7. The van der Waals surface area contributed by atoms with Crippen molar-refractivity contribution in [1.29, 1.82) is 0 Å². The van der Waals surface area contributed by atoms with E-state index in [0.717, 1.165) is 11.6 Å². The lowest BCUT2D eigenvalue weighted by Crippen LogP contribution is -2.48. The molecule has 4 rings (SSSR count). The van der Waals surface area contributed by atoms with E-state index in [1.807, 2.05) is 0 Å². The van der Waals surface area contributed by atoms with Crippen LogP contribution in [0.3, 0.4) is 0 Å². The topological polar surface area (TPSA) is 45.9 Å². The monoisotopic (exact) mass is 480 g/mol. The third kappa shape index (κ3) is 5.41. The fourth-order valence-corrected chi connectivity index (χ4v) is 3.92. The molecular weight excluding hydrogens is 461 g/mol. The molecule has 168 valence electrons. The van der Waals surface area contributed by atoms with Gasteiger partial charge in [0.2, 0.25) is 0 Å². The Morgan fingerprint density at radius 2 is 1.62 bits per heavy atom. The summed E-state index contributed by atoms with van der Waals surface area (Å²) in [6.07, 6.45) is 0. The number of furan rings is 1. The minimum absolute atomic E-state index is 0.0604. The molecule has 0 bridgehead atoms. The van der Waals surface area contributed by atoms with E-state index in [1.165, 1.54) is 24.3 Å². The SMILES string of the molecule is O=C(c1ccc(COc2ccc(F)cc2Cl)o1)N1CCN(Cc2ccc(F)cc2Cl)CC1. The minimum atomic E-state index is -0.450. The maximum absolute atomic E-state index is 13.2. The molecule has 5 nitrogen and oxygen atoms in total. The first-order valence-corrected chi connectivity index (χ1v) is 10.8. The van der Waals surface area contributed by atoms with Gasteiger partial charge in [-0.3, -0.25) is 9.69 Å². The van der Waals surface area contributed by atoms with Crippen LogP contribution in [0.2, 0.25) is 10.0 Å². The first-order chi connectivity index (χ1) is 15.4. The highest BCUT2D eigenvalue weighted by Gasteiger charge is 2.24. The van der Waals surface area contributed by atoms with Gasteiger partial charge in [0.25, 0.3) is 5.91 Å². The molecule has 1 amide bonds. The average Bonchev–Trinajstić information content (AvgIpc) is 3.24. The Bertz CT molecular complexity index is 1110. The highest BCUT2D eigenvalue weighted by atomic mass is 35.5. The van der Waals surface area contributed by atoms with Crippen molar-refractivity contribution in [3.8, 4) is 5.75 Å². The summed E-state index contributed by atoms with van der Waals surface area (Å²) in [5.41, 5.74) is 0.852. The maximum Gasteiger partial charge on any atom is 0.289 e. The average molecular weight is 481 g/mol. The van der Waals surface area contributed by atoms with Crippen LogP contribution in [0.1, 0.15) is 21.9 Å². The van der Waals surface area contributed by atoms with E-state index >= 15 is 0 Å². The van der Waals surface area contributed by atoms with E-state index in [2.05, 4.69) is 4.90 Å². The Hall–Kier alpha value is -2.61. The first-order valence-electron chi connectivity index (χ1n) is 10.0. The van der Waals surface area contributed by atoms with Crippen LogP contribution < -0.4 is 4.74 Å². The molecule has 1 aliphatic heterocycles. The molecule has 2 heterocycles. The molecule has 2 aromatic carbocycles. The van der Waals surface area contributed by atoms with Gasteiger partial charge in [-0.05, 0) is 48.0 Å². The van der Waals surface area contributed by atoms with Gasteiger partial charge >= 0.3 is 0 Å². The third-order valence-corrected chi connectivity index (χ3v) is 5.85. The van der Waals surface area contributed by atoms with Crippen molar-refractivity contribution in [2.75, 3.05) is 26.2 Å². The molecule has 0 unspecified atom stereocenters. The van der Waals surface area contributed by atoms with Crippen molar-refractivity contribution in [3.63, 3.8) is 0 Å². The van der Waals surface area contributed by atoms with E-state index in [4.69, 9.17) is 32.4 Å². The summed E-state index contributed by atoms with van der Waals surface area (Å²) >= 11 is 12.1. The van der Waals surface area contributed by atoms with Crippen LogP contribution in [-0.4, -0.2) is 41.9 Å². The van der Waals surface area contributed by atoms with Crippen molar-refractivity contribution in [1.82, 2.24) is 9.80 Å². The molecule has 9 heteroatoms. The van der Waals surface area contributed by atoms with Crippen molar-refractivity contribution < 1.29 is 22.7 Å². The molecule has 0 atom stereocenters. The van der Waals surface area contributed by atoms with Crippen molar-refractivity contribution in [3.05, 3.63) is 87.3 Å². The summed E-state index contributed by atoms with van der Waals surface area (Å²) in [7, 11) is 0. The summed E-state index contributed by atoms with van der Waals surface area (Å²) in [5.74, 6) is -0.000322. The molecule has 0 aliphatic carbocycles. The normalized spacial score (nSPS) is 14.6. The smallest absolute Gasteiger partial charge is 0.289 e. The first kappa shape index (κ1) is 22.6. The molecule has 32 heavy (non-hydrogen) atoms. The maximum atomic E-state index is 13.2. The van der Waals surface area contributed by atoms with Gasteiger partial charge in [0.1, 0.15) is 29.8 Å². The number of carbonyl (C=O) groups is 1. The molecule has 1 aliphatic rings. The number of piperazine rings is 1. The van der Waals surface area contributed by atoms with Crippen LogP contribution in [0.25, 0.3) is 0 Å². The summed E-state index contributed by atoms with van der Waals surface area (Å²) in [6.45, 7) is 3.06. The molecular formula is C23H20Cl2F2N2O3. The molecule has 0 saturated carbocycles. The van der Waals surface area contributed by atoms with Crippen LogP contribution in [0, 0.1) is 11.6 Å². The van der Waals surface area contributed by atoms with Gasteiger partial charge in [0, 0.05) is 37.7 Å². The number of ether oxygens (including phenoxy) is 1. The lowest BCUT2D eigenvalue weighted by molar-refractivity contribution is 0.0594. The summed E-state index contributed by atoms with van der Waals surface area (Å²) in [6, 6.07) is 11.5. The quantitative estimate of drug-likeness (QED) is 0.473. The molecule has 1 saturated heterocycles. The van der Waals surface area contributed by atoms with Crippen LogP contribution in [-0.2, 0) is 13.2 Å². The third-order valence-electron chi connectivity index (χ3n) is 5.20. The number of carbonyl (C=O) groups excluding carboxylic acids is 1. The van der Waals surface area contributed by atoms with Gasteiger partial charge in [0.15, 0.2) is 5.76 Å². The lowest BCUT2D eigenvalue weighted by Gasteiger charge is -2.34. The van der Waals surface area contributed by atoms with Gasteiger partial charge in [-0.15, -0.1) is 0 Å². The Morgan fingerprint density at radius 3 is 2.31 bits per heavy atom. The number of amides is 1. The molecule has 0 N–H and O–H groups in total. The number of benzene rings is 2. The molecule has 3 aromatic rings. The Morgan fingerprint density at radius 1 is 0.938 bits per heavy atom. The standard InChI is InChI=1S/C23H20Cl2F2N2O3/c24-19-11-16(26)2-1-15(19)13-28-7-9-29(10-8-28)23(30)22-6-4-18(32-22)14-31-21-5-3-17(27)12-20(21)25/h1-6,11-12H,7-10,13-14H2. The second kappa shape index (κ2) is 9.90. The fourth-order valence-electron chi connectivity index (χ4n) is 3.47. The largest absolute Gasteiger partial charge is 0.484 e. The zero-order chi connectivity index (χ0) is 22.7. The van der Waals surface area contributed by atoms with E-state index in [0.29, 0.717) is 49.3 Å². The number of rotatable bonds is 6. The van der Waals surface area contributed by atoms with Crippen LogP contribution in [0.15, 0.2) is 52.9 Å². The molecule has 1 fully saturated rings. The number of halogens is 4. The predicted octanol–water partition coefficient (Wildman–Crippen LogP) is 5.40. The van der Waals surface area contributed by atoms with Gasteiger partial charge in [-0.25, -0.2) is 8.78 Å². The molecule has 0 spiro atoms. The van der Waals surface area contributed by atoms with Crippen LogP contribution in [0.5, 0.6) is 5.75 Å². The van der Waals surface area contributed by atoms with Crippen molar-refractivity contribution >= 4 is 29.1 Å². The fraction of sp³-hybridized carbons (Fsp3) is 0.261. The number of hydrogen-bond acceptors (Lipinski definition) is 4. The highest BCUT2D eigenvalue weighted by Crippen LogP contribution is 2.26. The van der Waals surface area contributed by atoms with E-state index in [9.17, 15) is 13.6 Å². The Balaban J connectivity index is 1.29. The number of hydrogen-bond donors (Lipinski definition) is 0. The minimum Gasteiger partial charge on any atom is -0.484 e. The summed E-state index contributed by atoms with van der Waals surface area (Å²) in [5, 5.41) is 0.559. The zero-order valence-corrected chi connectivity index (χ0v) is 18.5. The zero-order valence-electron chi connectivity index (χ0n) is 17.0. The van der Waals surface area contributed by atoms with Gasteiger partial charge in [0.05, 0.1) is 5.02 Å². The van der Waals surface area contributed by atoms with E-state index < -0.39 is 5.82 Å². The molecule has 1 aromatic heterocycles. The van der Waals surface area contributed by atoms with Gasteiger partial charge in [-0.2, -0.15) is 0 Å². The Kier molecular flexibility index (Phi) is 6.98.